The molecule has 4 aromatic rings. The van der Waals surface area contributed by atoms with Crippen LogP contribution in [0, 0.1) is 0 Å². The first kappa shape index (κ1) is 17.1. The molecule has 3 heterocycles. The van der Waals surface area contributed by atoms with Crippen LogP contribution in [0.15, 0.2) is 63.9 Å². The molecular weight excluding hydrogens is 364 g/mol. The van der Waals surface area contributed by atoms with Crippen LogP contribution >= 0.6 is 23.1 Å². The molecule has 0 spiro atoms. The third kappa shape index (κ3) is 3.89. The average molecular weight is 383 g/mol. The van der Waals surface area contributed by atoms with E-state index < -0.39 is 0 Å². The maximum atomic E-state index is 5.40. The molecule has 0 aliphatic rings. The number of thiazole rings is 1. The first-order valence-corrected chi connectivity index (χ1v) is 10.2. The molecule has 7 heteroatoms. The Labute approximate surface area is 160 Å². The summed E-state index contributed by atoms with van der Waals surface area (Å²) in [7, 11) is 0. The van der Waals surface area contributed by atoms with Crippen molar-refractivity contribution in [3.8, 4) is 10.6 Å². The molecule has 132 valence electrons. The van der Waals surface area contributed by atoms with Crippen LogP contribution < -0.4 is 0 Å². The zero-order valence-electron chi connectivity index (χ0n) is 14.3. The van der Waals surface area contributed by atoms with Gasteiger partial charge < -0.3 is 8.98 Å². The van der Waals surface area contributed by atoms with Crippen LogP contribution in [0.4, 0.5) is 0 Å². The summed E-state index contributed by atoms with van der Waals surface area (Å²) in [6.07, 6.45) is 4.46. The Kier molecular flexibility index (Phi) is 5.17. The van der Waals surface area contributed by atoms with E-state index in [1.54, 1.807) is 35.7 Å². The number of hydrogen-bond acceptors (Lipinski definition) is 6. The van der Waals surface area contributed by atoms with Crippen molar-refractivity contribution in [2.45, 2.75) is 30.8 Å². The van der Waals surface area contributed by atoms with Gasteiger partial charge in [0.2, 0.25) is 0 Å². The molecule has 0 fully saturated rings. The second-order valence-corrected chi connectivity index (χ2v) is 7.60. The monoisotopic (exact) mass is 382 g/mol. The Morgan fingerprint density at radius 1 is 1.19 bits per heavy atom. The third-order valence-corrected chi connectivity index (χ3v) is 5.95. The number of aryl methyl sites for hydroxylation is 1. The number of rotatable bonds is 7. The number of nitrogens with zero attached hydrogens (tertiary/aromatic N) is 4. The Morgan fingerprint density at radius 3 is 2.85 bits per heavy atom. The van der Waals surface area contributed by atoms with E-state index in [1.807, 2.05) is 16.7 Å². The smallest absolute Gasteiger partial charge is 0.191 e. The van der Waals surface area contributed by atoms with Gasteiger partial charge in [0.05, 0.1) is 18.5 Å². The van der Waals surface area contributed by atoms with Crippen LogP contribution in [0.1, 0.15) is 23.9 Å². The molecular formula is C19H18N4OS2. The predicted octanol–water partition coefficient (Wildman–Crippen LogP) is 4.90. The van der Waals surface area contributed by atoms with Gasteiger partial charge >= 0.3 is 0 Å². The lowest BCUT2D eigenvalue weighted by molar-refractivity contribution is 0.484. The molecule has 0 N–H and O–H groups in total. The molecule has 1 aromatic carbocycles. The highest BCUT2D eigenvalue weighted by atomic mass is 32.2. The van der Waals surface area contributed by atoms with Crippen molar-refractivity contribution in [3.63, 3.8) is 0 Å². The van der Waals surface area contributed by atoms with Crippen molar-refractivity contribution in [1.82, 2.24) is 19.7 Å². The molecule has 0 aliphatic carbocycles. The van der Waals surface area contributed by atoms with E-state index in [1.165, 1.54) is 11.1 Å². The maximum Gasteiger partial charge on any atom is 0.191 e. The van der Waals surface area contributed by atoms with Gasteiger partial charge in [0.15, 0.2) is 5.16 Å². The molecule has 0 bridgehead atoms. The summed E-state index contributed by atoms with van der Waals surface area (Å²) >= 11 is 3.31. The van der Waals surface area contributed by atoms with E-state index in [0.717, 1.165) is 33.8 Å². The third-order valence-electron chi connectivity index (χ3n) is 4.00. The topological polar surface area (TPSA) is 56.7 Å². The van der Waals surface area contributed by atoms with E-state index in [0.29, 0.717) is 6.54 Å². The van der Waals surface area contributed by atoms with Crippen LogP contribution in [0.2, 0.25) is 0 Å². The van der Waals surface area contributed by atoms with E-state index >= 15 is 0 Å². The molecule has 26 heavy (non-hydrogen) atoms. The van der Waals surface area contributed by atoms with Crippen LogP contribution in [0.5, 0.6) is 0 Å². The van der Waals surface area contributed by atoms with Crippen molar-refractivity contribution in [1.29, 1.82) is 0 Å². The van der Waals surface area contributed by atoms with E-state index in [9.17, 15) is 0 Å². The van der Waals surface area contributed by atoms with Gasteiger partial charge in [-0.3, -0.25) is 0 Å². The maximum absolute atomic E-state index is 5.40. The fourth-order valence-corrected chi connectivity index (χ4v) is 4.30. The van der Waals surface area contributed by atoms with Crippen LogP contribution in [0.3, 0.4) is 0 Å². The van der Waals surface area contributed by atoms with Crippen molar-refractivity contribution in [3.05, 3.63) is 71.4 Å². The Bertz CT molecular complexity index is 958. The van der Waals surface area contributed by atoms with Gasteiger partial charge in [-0.15, -0.1) is 21.5 Å². The second-order valence-electron chi connectivity index (χ2n) is 5.80. The van der Waals surface area contributed by atoms with Crippen molar-refractivity contribution < 1.29 is 4.42 Å². The van der Waals surface area contributed by atoms with Crippen molar-refractivity contribution in [2.24, 2.45) is 0 Å². The van der Waals surface area contributed by atoms with Gasteiger partial charge in [0, 0.05) is 16.7 Å². The lowest BCUT2D eigenvalue weighted by Crippen LogP contribution is -1.99. The average Bonchev–Trinajstić information content (AvgIpc) is 3.43. The van der Waals surface area contributed by atoms with Crippen LogP contribution in [0.25, 0.3) is 10.6 Å². The molecule has 0 amide bonds. The summed E-state index contributed by atoms with van der Waals surface area (Å²) in [4.78, 5) is 4.76. The standard InChI is InChI=1S/C19H18N4OS2/c1-2-14-5-7-15(8-6-14)18-21-16(11-25-18)12-26-19-22-20-13-23(19)10-17-4-3-9-24-17/h3-9,11,13H,2,10,12H2,1H3. The minimum atomic E-state index is 0.633. The van der Waals surface area contributed by atoms with Crippen LogP contribution in [-0.2, 0) is 18.7 Å². The van der Waals surface area contributed by atoms with Crippen molar-refractivity contribution >= 4 is 23.1 Å². The zero-order valence-corrected chi connectivity index (χ0v) is 16.0. The molecule has 0 aliphatic heterocycles. The molecule has 0 radical (unpaired) electrons. The molecule has 0 unspecified atom stereocenters. The first-order chi connectivity index (χ1) is 12.8. The fourth-order valence-electron chi connectivity index (χ4n) is 2.56. The Morgan fingerprint density at radius 2 is 2.08 bits per heavy atom. The minimum Gasteiger partial charge on any atom is -0.467 e. The van der Waals surface area contributed by atoms with Gasteiger partial charge in [-0.05, 0) is 24.1 Å². The molecule has 0 saturated heterocycles. The number of benzene rings is 1. The second kappa shape index (κ2) is 7.88. The van der Waals surface area contributed by atoms with Gasteiger partial charge in [0.25, 0.3) is 0 Å². The number of aromatic nitrogens is 4. The summed E-state index contributed by atoms with van der Waals surface area (Å²) in [5.41, 5.74) is 3.57. The molecule has 0 saturated carbocycles. The highest BCUT2D eigenvalue weighted by Gasteiger charge is 2.10. The van der Waals surface area contributed by atoms with Crippen LogP contribution in [-0.4, -0.2) is 19.7 Å². The highest BCUT2D eigenvalue weighted by molar-refractivity contribution is 7.98. The largest absolute Gasteiger partial charge is 0.467 e. The summed E-state index contributed by atoms with van der Waals surface area (Å²) in [6, 6.07) is 12.5. The molecule has 0 atom stereocenters. The Balaban J connectivity index is 1.41. The van der Waals surface area contributed by atoms with E-state index in [4.69, 9.17) is 9.40 Å². The summed E-state index contributed by atoms with van der Waals surface area (Å²) < 4.78 is 7.38. The SMILES string of the molecule is CCc1ccc(-c2nc(CSc3nncn3Cc3ccco3)cs2)cc1. The highest BCUT2D eigenvalue weighted by Crippen LogP contribution is 2.27. The van der Waals surface area contributed by atoms with Crippen molar-refractivity contribution in [2.75, 3.05) is 0 Å². The first-order valence-electron chi connectivity index (χ1n) is 8.38. The lowest BCUT2D eigenvalue weighted by atomic mass is 10.1. The van der Waals surface area contributed by atoms with Gasteiger partial charge in [-0.2, -0.15) is 0 Å². The number of furan rings is 1. The van der Waals surface area contributed by atoms with Gasteiger partial charge in [0.1, 0.15) is 17.1 Å². The fraction of sp³-hybridized carbons (Fsp3) is 0.211. The van der Waals surface area contributed by atoms with Gasteiger partial charge in [-0.25, -0.2) is 4.98 Å². The molecule has 5 nitrogen and oxygen atoms in total. The number of hydrogen-bond donors (Lipinski definition) is 0. The van der Waals surface area contributed by atoms with E-state index in [2.05, 4.69) is 46.8 Å². The zero-order chi connectivity index (χ0) is 17.8. The molecule has 4 rings (SSSR count). The lowest BCUT2D eigenvalue weighted by Gasteiger charge is -2.03. The summed E-state index contributed by atoms with van der Waals surface area (Å²) in [5, 5.41) is 12.3. The minimum absolute atomic E-state index is 0.633. The van der Waals surface area contributed by atoms with E-state index in [-0.39, 0.29) is 0 Å². The Hall–Kier alpha value is -2.38. The summed E-state index contributed by atoms with van der Waals surface area (Å²) in [5.74, 6) is 1.65. The summed E-state index contributed by atoms with van der Waals surface area (Å²) in [6.45, 7) is 2.80. The normalized spacial score (nSPS) is 11.1. The molecule has 3 aromatic heterocycles. The number of thioether (sulfide) groups is 1. The quantitative estimate of drug-likeness (QED) is 0.426. The van der Waals surface area contributed by atoms with Gasteiger partial charge in [-0.1, -0.05) is 43.0 Å². The predicted molar refractivity (Wildman–Crippen MR) is 104 cm³/mol.